The molecule has 0 saturated carbocycles. The van der Waals surface area contributed by atoms with Gasteiger partial charge in [-0.25, -0.2) is 0 Å². The molecule has 1 unspecified atom stereocenters. The lowest BCUT2D eigenvalue weighted by Gasteiger charge is -2.18. The highest BCUT2D eigenvalue weighted by atomic mass is 16.6. The van der Waals surface area contributed by atoms with Gasteiger partial charge in [0.15, 0.2) is 6.10 Å². The minimum Gasteiger partial charge on any atom is -0.462 e. The predicted octanol–water partition coefficient (Wildman–Crippen LogP) is 18.6. The number of hydrogen-bond donors (Lipinski definition) is 0. The van der Waals surface area contributed by atoms with Crippen LogP contribution in [0.2, 0.25) is 0 Å². The van der Waals surface area contributed by atoms with Gasteiger partial charge in [-0.05, 0) is 128 Å². The molecule has 0 aromatic carbocycles. The molecule has 0 spiro atoms. The Labute approximate surface area is 424 Å². The lowest BCUT2D eigenvalue weighted by Crippen LogP contribution is -2.30. The largest absolute Gasteiger partial charge is 0.462 e. The highest BCUT2D eigenvalue weighted by molar-refractivity contribution is 5.71. The number of rotatable bonds is 48. The average molecular weight is 953 g/mol. The molecule has 0 N–H and O–H groups in total. The minimum absolute atomic E-state index is 0.112. The molecule has 388 valence electrons. The molecule has 6 nitrogen and oxygen atoms in total. The SMILES string of the molecule is CC/C=C\C/C=C\C/C=C\C/C=C\C/C=C\C/C=C\C/C=C\CCCC(=O)OCC(COC(=O)CCCCCCC/C=C\CCCCCC)OC(=O)CCCCCCC/C=C\C/C=C\C/C=C\CC. The van der Waals surface area contributed by atoms with Crippen LogP contribution in [0.5, 0.6) is 0 Å². The van der Waals surface area contributed by atoms with Crippen LogP contribution in [0.4, 0.5) is 0 Å². The molecule has 0 fully saturated rings. The number of allylic oxidation sites excluding steroid dienone is 22. The second-order valence-corrected chi connectivity index (χ2v) is 17.7. The summed E-state index contributed by atoms with van der Waals surface area (Å²) in [4.78, 5) is 38.1. The summed E-state index contributed by atoms with van der Waals surface area (Å²) >= 11 is 0. The molecular formula is C63H100O6. The number of carbonyl (C=O) groups is 3. The van der Waals surface area contributed by atoms with Crippen molar-refractivity contribution in [2.24, 2.45) is 0 Å². The maximum atomic E-state index is 12.8. The fraction of sp³-hybridized carbons (Fsp3) is 0.603. The Hall–Kier alpha value is -4.45. The first-order valence-corrected chi connectivity index (χ1v) is 27.7. The zero-order valence-corrected chi connectivity index (χ0v) is 44.3. The lowest BCUT2D eigenvalue weighted by atomic mass is 10.1. The van der Waals surface area contributed by atoms with Gasteiger partial charge < -0.3 is 14.2 Å². The summed E-state index contributed by atoms with van der Waals surface area (Å²) in [6, 6.07) is 0. The van der Waals surface area contributed by atoms with Gasteiger partial charge in [-0.15, -0.1) is 0 Å². The molecular weight excluding hydrogens is 853 g/mol. The van der Waals surface area contributed by atoms with Crippen LogP contribution >= 0.6 is 0 Å². The molecule has 69 heavy (non-hydrogen) atoms. The summed E-state index contributed by atoms with van der Waals surface area (Å²) in [5, 5.41) is 0. The Kier molecular flexibility index (Phi) is 52.5. The standard InChI is InChI=1S/C63H100O6/c1-4-7-10-13-16-19-22-25-27-28-29-30-31-32-33-34-36-38-41-44-47-50-53-56-62(65)68-59-60(58-67-61(64)55-52-49-46-43-40-37-24-21-18-15-12-9-6-3)69-63(66)57-54-51-48-45-42-39-35-26-23-20-17-14-11-8-5-2/h7-8,10-11,16-17,19-21,24-27,29-30,32-33,35-36,38,44,47,60H,4-6,9,12-15,18,22-23,28,31,34,37,39-43,45-46,48-59H2,1-3H3/b10-7-,11-8-,19-16-,20-17-,24-21-,27-25-,30-29-,33-32-,35-26-,38-36-,47-44-. The van der Waals surface area contributed by atoms with Crippen molar-refractivity contribution in [3.63, 3.8) is 0 Å². The Morgan fingerprint density at radius 2 is 0.580 bits per heavy atom. The molecule has 0 bridgehead atoms. The molecule has 0 aliphatic carbocycles. The highest BCUT2D eigenvalue weighted by Crippen LogP contribution is 2.13. The minimum atomic E-state index is -0.819. The van der Waals surface area contributed by atoms with Crippen molar-refractivity contribution in [3.05, 3.63) is 134 Å². The van der Waals surface area contributed by atoms with Crippen LogP contribution in [0.15, 0.2) is 134 Å². The van der Waals surface area contributed by atoms with E-state index < -0.39 is 6.10 Å². The van der Waals surface area contributed by atoms with Crippen LogP contribution in [0, 0.1) is 0 Å². The van der Waals surface area contributed by atoms with E-state index in [2.05, 4.69) is 154 Å². The zero-order chi connectivity index (χ0) is 50.0. The first-order chi connectivity index (χ1) is 34.0. The summed E-state index contributed by atoms with van der Waals surface area (Å²) in [5.74, 6) is -1.01. The van der Waals surface area contributed by atoms with Gasteiger partial charge in [0, 0.05) is 19.3 Å². The number of unbranched alkanes of at least 4 members (excludes halogenated alkanes) is 15. The maximum absolute atomic E-state index is 12.8. The van der Waals surface area contributed by atoms with Crippen molar-refractivity contribution in [2.75, 3.05) is 13.2 Å². The molecule has 0 saturated heterocycles. The molecule has 0 amide bonds. The summed E-state index contributed by atoms with van der Waals surface area (Å²) in [6.45, 7) is 6.31. The van der Waals surface area contributed by atoms with Crippen LogP contribution in [-0.2, 0) is 28.6 Å². The smallest absolute Gasteiger partial charge is 0.306 e. The van der Waals surface area contributed by atoms with Gasteiger partial charge in [0.1, 0.15) is 13.2 Å². The fourth-order valence-corrected chi connectivity index (χ4v) is 7.03. The molecule has 0 aromatic heterocycles. The molecule has 0 heterocycles. The van der Waals surface area contributed by atoms with Crippen LogP contribution in [-0.4, -0.2) is 37.2 Å². The van der Waals surface area contributed by atoms with Gasteiger partial charge in [0.2, 0.25) is 0 Å². The first-order valence-electron chi connectivity index (χ1n) is 27.7. The number of ether oxygens (including phenoxy) is 3. The van der Waals surface area contributed by atoms with E-state index in [0.717, 1.165) is 141 Å². The van der Waals surface area contributed by atoms with Crippen molar-refractivity contribution < 1.29 is 28.6 Å². The van der Waals surface area contributed by atoms with Crippen molar-refractivity contribution in [1.29, 1.82) is 0 Å². The van der Waals surface area contributed by atoms with E-state index in [0.29, 0.717) is 12.8 Å². The lowest BCUT2D eigenvalue weighted by molar-refractivity contribution is -0.167. The molecule has 0 aromatic rings. The van der Waals surface area contributed by atoms with Crippen LogP contribution < -0.4 is 0 Å². The van der Waals surface area contributed by atoms with Gasteiger partial charge in [0.25, 0.3) is 0 Å². The van der Waals surface area contributed by atoms with E-state index in [-0.39, 0.29) is 44.0 Å². The van der Waals surface area contributed by atoms with Crippen LogP contribution in [0.3, 0.4) is 0 Å². The van der Waals surface area contributed by atoms with Gasteiger partial charge in [-0.3, -0.25) is 14.4 Å². The number of esters is 3. The van der Waals surface area contributed by atoms with Crippen molar-refractivity contribution >= 4 is 17.9 Å². The van der Waals surface area contributed by atoms with Crippen LogP contribution in [0.1, 0.15) is 226 Å². The van der Waals surface area contributed by atoms with Gasteiger partial charge >= 0.3 is 17.9 Å². The second kappa shape index (κ2) is 56.1. The Morgan fingerprint density at radius 1 is 0.304 bits per heavy atom. The summed E-state index contributed by atoms with van der Waals surface area (Å²) < 4.78 is 16.8. The van der Waals surface area contributed by atoms with E-state index >= 15 is 0 Å². The highest BCUT2D eigenvalue weighted by Gasteiger charge is 2.19. The quantitative estimate of drug-likeness (QED) is 0.0262. The molecule has 0 aliphatic rings. The third kappa shape index (κ3) is 54.4. The van der Waals surface area contributed by atoms with Gasteiger partial charge in [-0.1, -0.05) is 212 Å². The average Bonchev–Trinajstić information content (AvgIpc) is 3.35. The summed E-state index contributed by atoms with van der Waals surface area (Å²) in [5.41, 5.74) is 0. The van der Waals surface area contributed by atoms with Crippen LogP contribution in [0.25, 0.3) is 0 Å². The number of carbonyl (C=O) groups excluding carboxylic acids is 3. The van der Waals surface area contributed by atoms with E-state index in [1.807, 2.05) is 0 Å². The topological polar surface area (TPSA) is 78.9 Å². The zero-order valence-electron chi connectivity index (χ0n) is 44.3. The predicted molar refractivity (Wildman–Crippen MR) is 297 cm³/mol. The fourth-order valence-electron chi connectivity index (χ4n) is 7.03. The summed E-state index contributed by atoms with van der Waals surface area (Å²) in [6.07, 6.45) is 78.7. The third-order valence-electron chi connectivity index (χ3n) is 11.1. The maximum Gasteiger partial charge on any atom is 0.306 e. The molecule has 6 heteroatoms. The first kappa shape index (κ1) is 64.5. The van der Waals surface area contributed by atoms with E-state index in [1.54, 1.807) is 0 Å². The van der Waals surface area contributed by atoms with E-state index in [1.165, 1.54) is 38.5 Å². The van der Waals surface area contributed by atoms with Gasteiger partial charge in [-0.2, -0.15) is 0 Å². The van der Waals surface area contributed by atoms with E-state index in [4.69, 9.17) is 14.2 Å². The summed E-state index contributed by atoms with van der Waals surface area (Å²) in [7, 11) is 0. The van der Waals surface area contributed by atoms with Gasteiger partial charge in [0.05, 0.1) is 0 Å². The van der Waals surface area contributed by atoms with Crippen molar-refractivity contribution in [1.82, 2.24) is 0 Å². The molecule has 1 atom stereocenters. The van der Waals surface area contributed by atoms with E-state index in [9.17, 15) is 14.4 Å². The second-order valence-electron chi connectivity index (χ2n) is 17.7. The normalized spacial score (nSPS) is 13.1. The third-order valence-corrected chi connectivity index (χ3v) is 11.1. The Bertz CT molecular complexity index is 1510. The molecule has 0 radical (unpaired) electrons. The number of hydrogen-bond acceptors (Lipinski definition) is 6. The Balaban J connectivity index is 4.52. The van der Waals surface area contributed by atoms with Crippen molar-refractivity contribution in [2.45, 2.75) is 232 Å². The monoisotopic (exact) mass is 953 g/mol. The Morgan fingerprint density at radius 3 is 0.957 bits per heavy atom. The molecule has 0 aliphatic heterocycles. The van der Waals surface area contributed by atoms with Crippen molar-refractivity contribution in [3.8, 4) is 0 Å². The molecule has 0 rings (SSSR count).